The number of hydrogen-bond acceptors (Lipinski definition) is 4. The third kappa shape index (κ3) is 2.81. The summed E-state index contributed by atoms with van der Waals surface area (Å²) in [6.07, 6.45) is 0. The molecule has 0 radical (unpaired) electrons. The molecule has 0 aromatic heterocycles. The minimum Gasteiger partial charge on any atom is -0.373 e. The van der Waals surface area contributed by atoms with E-state index in [0.29, 0.717) is 0 Å². The third-order valence-corrected chi connectivity index (χ3v) is 5.02. The zero-order valence-corrected chi connectivity index (χ0v) is 11.6. The fourth-order valence-electron chi connectivity index (χ4n) is 1.62. The molecule has 1 unspecified atom stereocenters. The van der Waals surface area contributed by atoms with E-state index in [4.69, 9.17) is 9.05 Å². The molecule has 6 heteroatoms. The van der Waals surface area contributed by atoms with Crippen molar-refractivity contribution in [3.8, 4) is 0 Å². The van der Waals surface area contributed by atoms with Gasteiger partial charge in [0.1, 0.15) is 5.82 Å². The lowest BCUT2D eigenvalue weighted by Crippen LogP contribution is -2.25. The Morgan fingerprint density at radius 1 is 1.28 bits per heavy atom. The number of aliphatic hydroxyl groups is 1. The Balaban J connectivity index is 3.25. The molecule has 18 heavy (non-hydrogen) atoms. The molecule has 102 valence electrons. The number of halogens is 1. The largest absolute Gasteiger partial charge is 0.373 e. The maximum Gasteiger partial charge on any atom is 0.366 e. The maximum absolute atomic E-state index is 13.7. The lowest BCUT2D eigenvalue weighted by molar-refractivity contribution is 0.0773. The van der Waals surface area contributed by atoms with Gasteiger partial charge < -0.3 is 14.2 Å². The molecule has 1 N–H and O–H groups in total. The molecule has 0 heterocycles. The van der Waals surface area contributed by atoms with Gasteiger partial charge >= 0.3 is 7.60 Å². The topological polar surface area (TPSA) is 55.8 Å². The van der Waals surface area contributed by atoms with Crippen molar-refractivity contribution >= 4 is 7.60 Å². The summed E-state index contributed by atoms with van der Waals surface area (Å²) in [5.41, 5.74) is -0.102. The fourth-order valence-corrected chi connectivity index (χ4v) is 3.35. The van der Waals surface area contributed by atoms with Crippen LogP contribution in [0.5, 0.6) is 0 Å². The number of benzene rings is 1. The van der Waals surface area contributed by atoms with E-state index in [1.807, 2.05) is 0 Å². The first-order valence-corrected chi connectivity index (χ1v) is 7.30. The minimum atomic E-state index is -3.86. The quantitative estimate of drug-likeness (QED) is 0.810. The first kappa shape index (κ1) is 15.3. The average Bonchev–Trinajstić information content (AvgIpc) is 2.29. The van der Waals surface area contributed by atoms with Crippen molar-refractivity contribution in [1.29, 1.82) is 0 Å². The van der Waals surface area contributed by atoms with Crippen molar-refractivity contribution < 1.29 is 23.1 Å². The molecule has 0 spiro atoms. The van der Waals surface area contributed by atoms with Crippen molar-refractivity contribution in [3.63, 3.8) is 0 Å². The SMILES string of the molecule is CCOP(=O)(OCC)C(C)(O)c1ccccc1F. The highest BCUT2D eigenvalue weighted by Crippen LogP contribution is 2.63. The van der Waals surface area contributed by atoms with E-state index in [2.05, 4.69) is 0 Å². The summed E-state index contributed by atoms with van der Waals surface area (Å²) in [4.78, 5) is 0. The average molecular weight is 276 g/mol. The van der Waals surface area contributed by atoms with Crippen LogP contribution < -0.4 is 0 Å². The Labute approximate surface area is 106 Å². The van der Waals surface area contributed by atoms with Crippen LogP contribution in [0.4, 0.5) is 4.39 Å². The van der Waals surface area contributed by atoms with E-state index < -0.39 is 18.8 Å². The van der Waals surface area contributed by atoms with Crippen LogP contribution in [0.3, 0.4) is 0 Å². The second-order valence-electron chi connectivity index (χ2n) is 3.83. The predicted molar refractivity (Wildman–Crippen MR) is 66.8 cm³/mol. The molecule has 4 nitrogen and oxygen atoms in total. The molecule has 0 aliphatic rings. The van der Waals surface area contributed by atoms with Gasteiger partial charge in [0.25, 0.3) is 0 Å². The molecule has 0 saturated heterocycles. The summed E-state index contributed by atoms with van der Waals surface area (Å²) in [6, 6.07) is 5.59. The molecule has 1 atom stereocenters. The summed E-state index contributed by atoms with van der Waals surface area (Å²) in [5.74, 6) is -0.651. The van der Waals surface area contributed by atoms with Crippen LogP contribution in [0, 0.1) is 5.82 Å². The van der Waals surface area contributed by atoms with Gasteiger partial charge in [0.15, 0.2) is 5.34 Å². The standard InChI is InChI=1S/C12H18FO4P/c1-4-16-18(15,17-5-2)12(3,14)10-8-6-7-9-11(10)13/h6-9,14H,4-5H2,1-3H3. The second kappa shape index (κ2) is 5.93. The van der Waals surface area contributed by atoms with E-state index in [-0.39, 0.29) is 18.8 Å². The number of rotatable bonds is 6. The van der Waals surface area contributed by atoms with Gasteiger partial charge in [-0.2, -0.15) is 0 Å². The summed E-state index contributed by atoms with van der Waals surface area (Å²) < 4.78 is 36.4. The van der Waals surface area contributed by atoms with Gasteiger partial charge in [-0.15, -0.1) is 0 Å². The zero-order chi connectivity index (χ0) is 13.8. The Morgan fingerprint density at radius 2 is 1.78 bits per heavy atom. The van der Waals surface area contributed by atoms with Crippen LogP contribution in [0.1, 0.15) is 26.3 Å². The Kier molecular flexibility index (Phi) is 5.05. The fraction of sp³-hybridized carbons (Fsp3) is 0.500. The molecular formula is C12H18FO4P. The van der Waals surface area contributed by atoms with E-state index in [1.54, 1.807) is 19.9 Å². The highest BCUT2D eigenvalue weighted by Gasteiger charge is 2.48. The molecule has 0 aliphatic heterocycles. The highest BCUT2D eigenvalue weighted by molar-refractivity contribution is 7.54. The van der Waals surface area contributed by atoms with Crippen molar-refractivity contribution in [2.75, 3.05) is 13.2 Å². The molecular weight excluding hydrogens is 258 g/mol. The van der Waals surface area contributed by atoms with Gasteiger partial charge in [0, 0.05) is 5.56 Å². The summed E-state index contributed by atoms with van der Waals surface area (Å²) >= 11 is 0. The lowest BCUT2D eigenvalue weighted by atomic mass is 10.1. The van der Waals surface area contributed by atoms with Crippen molar-refractivity contribution in [2.45, 2.75) is 26.1 Å². The van der Waals surface area contributed by atoms with Gasteiger partial charge in [-0.1, -0.05) is 18.2 Å². The Bertz CT molecular complexity index is 437. The Hall–Kier alpha value is -0.740. The third-order valence-electron chi connectivity index (χ3n) is 2.52. The van der Waals surface area contributed by atoms with Crippen LogP contribution in [-0.4, -0.2) is 18.3 Å². The maximum atomic E-state index is 13.7. The molecule has 1 aromatic rings. The van der Waals surface area contributed by atoms with Gasteiger partial charge in [0.2, 0.25) is 0 Å². The molecule has 0 fully saturated rings. The first-order valence-electron chi connectivity index (χ1n) is 5.75. The van der Waals surface area contributed by atoms with Crippen LogP contribution in [0.25, 0.3) is 0 Å². The van der Waals surface area contributed by atoms with Crippen LogP contribution in [0.2, 0.25) is 0 Å². The van der Waals surface area contributed by atoms with Gasteiger partial charge in [-0.05, 0) is 26.8 Å². The molecule has 0 saturated carbocycles. The second-order valence-corrected chi connectivity index (χ2v) is 6.22. The van der Waals surface area contributed by atoms with Crippen LogP contribution in [0.15, 0.2) is 24.3 Å². The molecule has 1 rings (SSSR count). The summed E-state index contributed by atoms with van der Waals surface area (Å²) in [5, 5.41) is 8.37. The van der Waals surface area contributed by atoms with Crippen LogP contribution >= 0.6 is 7.60 Å². The Morgan fingerprint density at radius 3 is 2.22 bits per heavy atom. The zero-order valence-electron chi connectivity index (χ0n) is 10.7. The molecule has 1 aromatic carbocycles. The van der Waals surface area contributed by atoms with E-state index in [1.165, 1.54) is 25.1 Å². The van der Waals surface area contributed by atoms with Crippen molar-refractivity contribution in [2.24, 2.45) is 0 Å². The van der Waals surface area contributed by atoms with E-state index in [9.17, 15) is 14.1 Å². The predicted octanol–water partition coefficient (Wildman–Crippen LogP) is 3.26. The first-order chi connectivity index (χ1) is 8.39. The van der Waals surface area contributed by atoms with Crippen molar-refractivity contribution in [3.05, 3.63) is 35.6 Å². The smallest absolute Gasteiger partial charge is 0.366 e. The van der Waals surface area contributed by atoms with E-state index in [0.717, 1.165) is 0 Å². The molecule has 0 aliphatic carbocycles. The molecule has 0 amide bonds. The molecule has 0 bridgehead atoms. The normalized spacial score (nSPS) is 15.4. The van der Waals surface area contributed by atoms with Gasteiger partial charge in [0.05, 0.1) is 13.2 Å². The van der Waals surface area contributed by atoms with Gasteiger partial charge in [-0.25, -0.2) is 4.39 Å². The highest BCUT2D eigenvalue weighted by atomic mass is 31.2. The monoisotopic (exact) mass is 276 g/mol. The summed E-state index contributed by atoms with van der Waals surface area (Å²) in [7, 11) is -3.86. The van der Waals surface area contributed by atoms with Crippen molar-refractivity contribution in [1.82, 2.24) is 0 Å². The summed E-state index contributed by atoms with van der Waals surface area (Å²) in [6.45, 7) is 4.69. The van der Waals surface area contributed by atoms with Crippen LogP contribution in [-0.2, 0) is 19.0 Å². The van der Waals surface area contributed by atoms with Gasteiger partial charge in [-0.3, -0.25) is 4.57 Å². The number of hydrogen-bond donors (Lipinski definition) is 1. The minimum absolute atomic E-state index is 0.0991. The lowest BCUT2D eigenvalue weighted by Gasteiger charge is -2.31. The van der Waals surface area contributed by atoms with E-state index >= 15 is 0 Å².